The zero-order chi connectivity index (χ0) is 20.1. The minimum Gasteiger partial charge on any atom is -0.306 e. The number of halogens is 3. The van der Waals surface area contributed by atoms with Gasteiger partial charge in [0.05, 0.1) is 5.69 Å². The van der Waals surface area contributed by atoms with E-state index in [9.17, 15) is 9.59 Å². The van der Waals surface area contributed by atoms with E-state index < -0.39 is 5.54 Å². The SMILES string of the molecule is CN1CCN2C(=O)N(c3cc(Cl)cc(Cl)c3)C(=O)C2(Cc2ccc(Br)cc2)C1. The molecule has 0 radical (unpaired) electrons. The van der Waals surface area contributed by atoms with Crippen LogP contribution in [0, 0.1) is 0 Å². The highest BCUT2D eigenvalue weighted by Crippen LogP contribution is 2.38. The summed E-state index contributed by atoms with van der Waals surface area (Å²) >= 11 is 15.7. The molecule has 2 fully saturated rings. The van der Waals surface area contributed by atoms with Gasteiger partial charge in [0.1, 0.15) is 5.54 Å². The van der Waals surface area contributed by atoms with E-state index in [0.29, 0.717) is 41.8 Å². The number of rotatable bonds is 3. The van der Waals surface area contributed by atoms with Crippen molar-refractivity contribution in [2.75, 3.05) is 31.6 Å². The third kappa shape index (κ3) is 3.32. The van der Waals surface area contributed by atoms with E-state index in [0.717, 1.165) is 10.0 Å². The van der Waals surface area contributed by atoms with Crippen LogP contribution in [0.4, 0.5) is 10.5 Å². The number of amides is 3. The van der Waals surface area contributed by atoms with Crippen LogP contribution in [0.3, 0.4) is 0 Å². The first-order valence-electron chi connectivity index (χ1n) is 8.85. The van der Waals surface area contributed by atoms with Crippen molar-refractivity contribution in [3.63, 3.8) is 0 Å². The first-order chi connectivity index (χ1) is 13.3. The summed E-state index contributed by atoms with van der Waals surface area (Å²) in [4.78, 5) is 31.9. The molecule has 2 aromatic rings. The summed E-state index contributed by atoms with van der Waals surface area (Å²) in [5.41, 5.74) is 0.447. The maximum Gasteiger partial charge on any atom is 0.332 e. The van der Waals surface area contributed by atoms with Gasteiger partial charge in [-0.1, -0.05) is 51.3 Å². The molecular weight excluding hydrogens is 465 g/mol. The highest BCUT2D eigenvalue weighted by Gasteiger charge is 2.59. The maximum atomic E-state index is 13.7. The Balaban J connectivity index is 1.78. The van der Waals surface area contributed by atoms with Gasteiger partial charge in [0.25, 0.3) is 5.91 Å². The fourth-order valence-electron chi connectivity index (χ4n) is 4.04. The lowest BCUT2D eigenvalue weighted by atomic mass is 9.87. The number of piperazine rings is 1. The van der Waals surface area contributed by atoms with E-state index >= 15 is 0 Å². The molecule has 2 aliphatic heterocycles. The van der Waals surface area contributed by atoms with Crippen LogP contribution >= 0.6 is 39.1 Å². The first kappa shape index (κ1) is 19.7. The Kier molecular flexibility index (Phi) is 5.16. The van der Waals surface area contributed by atoms with Gasteiger partial charge in [-0.05, 0) is 42.9 Å². The number of fused-ring (bicyclic) bond motifs is 1. The zero-order valence-corrected chi connectivity index (χ0v) is 18.3. The second-order valence-corrected chi connectivity index (χ2v) is 9.06. The highest BCUT2D eigenvalue weighted by molar-refractivity contribution is 9.10. The fourth-order valence-corrected chi connectivity index (χ4v) is 4.81. The molecule has 5 nitrogen and oxygen atoms in total. The molecule has 8 heteroatoms. The highest BCUT2D eigenvalue weighted by atomic mass is 79.9. The summed E-state index contributed by atoms with van der Waals surface area (Å²) < 4.78 is 0.968. The summed E-state index contributed by atoms with van der Waals surface area (Å²) in [6.45, 7) is 1.67. The standard InChI is InChI=1S/C20H18BrCl2N3O2/c1-24-6-7-25-19(28)26(17-9-15(22)8-16(23)10-17)18(27)20(25,12-24)11-13-2-4-14(21)5-3-13/h2-5,8-10H,6-7,11-12H2,1H3. The number of nitrogens with zero attached hydrogens (tertiary/aromatic N) is 3. The van der Waals surface area contributed by atoms with Crippen LogP contribution in [0.25, 0.3) is 0 Å². The van der Waals surface area contributed by atoms with E-state index in [1.807, 2.05) is 31.3 Å². The lowest BCUT2D eigenvalue weighted by Crippen LogP contribution is -2.63. The fraction of sp³-hybridized carbons (Fsp3) is 0.300. The summed E-state index contributed by atoms with van der Waals surface area (Å²) in [6, 6.07) is 12.3. The molecule has 4 rings (SSSR count). The Morgan fingerprint density at radius 1 is 1.04 bits per heavy atom. The van der Waals surface area contributed by atoms with Crippen molar-refractivity contribution in [2.24, 2.45) is 0 Å². The average molecular weight is 483 g/mol. The zero-order valence-electron chi connectivity index (χ0n) is 15.2. The second-order valence-electron chi connectivity index (χ2n) is 7.28. The molecular formula is C20H18BrCl2N3O2. The van der Waals surface area contributed by atoms with Gasteiger partial charge in [-0.15, -0.1) is 0 Å². The molecule has 28 heavy (non-hydrogen) atoms. The number of urea groups is 1. The monoisotopic (exact) mass is 481 g/mol. The number of hydrogen-bond donors (Lipinski definition) is 0. The van der Waals surface area contributed by atoms with E-state index in [-0.39, 0.29) is 11.9 Å². The summed E-state index contributed by atoms with van der Waals surface area (Å²) in [5, 5.41) is 0.763. The second kappa shape index (κ2) is 7.34. The molecule has 2 aliphatic rings. The van der Waals surface area contributed by atoms with Gasteiger partial charge in [0, 0.05) is 40.6 Å². The molecule has 0 aliphatic carbocycles. The van der Waals surface area contributed by atoms with Crippen LogP contribution in [0.15, 0.2) is 46.9 Å². The Bertz CT molecular complexity index is 933. The lowest BCUT2D eigenvalue weighted by Gasteiger charge is -2.43. The molecule has 0 bridgehead atoms. The minimum absolute atomic E-state index is 0.245. The molecule has 0 saturated carbocycles. The first-order valence-corrected chi connectivity index (χ1v) is 10.4. The van der Waals surface area contributed by atoms with E-state index in [2.05, 4.69) is 20.8 Å². The molecule has 2 aromatic carbocycles. The normalized spacial score (nSPS) is 22.7. The number of anilines is 1. The number of benzene rings is 2. The van der Waals surface area contributed by atoms with Crippen LogP contribution in [0.2, 0.25) is 10.0 Å². The largest absolute Gasteiger partial charge is 0.332 e. The van der Waals surface area contributed by atoms with E-state index in [4.69, 9.17) is 23.2 Å². The molecule has 2 heterocycles. The van der Waals surface area contributed by atoms with Gasteiger partial charge >= 0.3 is 6.03 Å². The van der Waals surface area contributed by atoms with Gasteiger partial charge in [-0.25, -0.2) is 9.69 Å². The van der Waals surface area contributed by atoms with Gasteiger partial charge in [-0.2, -0.15) is 0 Å². The maximum absolute atomic E-state index is 13.7. The van der Waals surface area contributed by atoms with E-state index in [1.165, 1.54) is 4.90 Å². The van der Waals surface area contributed by atoms with Crippen molar-refractivity contribution < 1.29 is 9.59 Å². The van der Waals surface area contributed by atoms with Gasteiger partial charge in [0.15, 0.2) is 0 Å². The summed E-state index contributed by atoms with van der Waals surface area (Å²) in [5.74, 6) is -0.245. The molecule has 0 N–H and O–H groups in total. The van der Waals surface area contributed by atoms with Crippen molar-refractivity contribution in [1.29, 1.82) is 0 Å². The number of carbonyl (C=O) groups excluding carboxylic acids is 2. The Hall–Kier alpha value is -1.60. The van der Waals surface area contributed by atoms with Crippen LogP contribution in [-0.4, -0.2) is 54.0 Å². The predicted octanol–water partition coefficient (Wildman–Crippen LogP) is 4.45. The lowest BCUT2D eigenvalue weighted by molar-refractivity contribution is -0.127. The third-order valence-electron chi connectivity index (χ3n) is 5.29. The predicted molar refractivity (Wildman–Crippen MR) is 114 cm³/mol. The van der Waals surface area contributed by atoms with Gasteiger partial charge in [0.2, 0.25) is 0 Å². The van der Waals surface area contributed by atoms with Crippen molar-refractivity contribution in [3.05, 3.63) is 62.5 Å². The van der Waals surface area contributed by atoms with Crippen molar-refractivity contribution in [1.82, 2.24) is 9.80 Å². The molecule has 2 saturated heterocycles. The topological polar surface area (TPSA) is 43.9 Å². The molecule has 1 atom stereocenters. The Morgan fingerprint density at radius 3 is 2.32 bits per heavy atom. The number of imide groups is 1. The number of hydrogen-bond acceptors (Lipinski definition) is 3. The Morgan fingerprint density at radius 2 is 1.68 bits per heavy atom. The van der Waals surface area contributed by atoms with Crippen molar-refractivity contribution >= 4 is 56.8 Å². The minimum atomic E-state index is -0.952. The third-order valence-corrected chi connectivity index (χ3v) is 6.26. The van der Waals surface area contributed by atoms with Crippen molar-refractivity contribution in [2.45, 2.75) is 12.0 Å². The number of carbonyl (C=O) groups is 2. The smallest absolute Gasteiger partial charge is 0.306 e. The van der Waals surface area contributed by atoms with Crippen LogP contribution in [0.5, 0.6) is 0 Å². The van der Waals surface area contributed by atoms with Crippen LogP contribution in [0.1, 0.15) is 5.56 Å². The molecule has 0 spiro atoms. The van der Waals surface area contributed by atoms with Crippen molar-refractivity contribution in [3.8, 4) is 0 Å². The van der Waals surface area contributed by atoms with Gasteiger partial charge in [-0.3, -0.25) is 4.79 Å². The van der Waals surface area contributed by atoms with Crippen LogP contribution < -0.4 is 4.90 Å². The summed E-state index contributed by atoms with van der Waals surface area (Å²) in [7, 11) is 1.97. The molecule has 1 unspecified atom stereocenters. The summed E-state index contributed by atoms with van der Waals surface area (Å²) in [6.07, 6.45) is 0.444. The average Bonchev–Trinajstić information content (AvgIpc) is 2.83. The van der Waals surface area contributed by atoms with E-state index in [1.54, 1.807) is 23.1 Å². The van der Waals surface area contributed by atoms with Crippen LogP contribution in [-0.2, 0) is 11.2 Å². The quantitative estimate of drug-likeness (QED) is 0.607. The molecule has 3 amide bonds. The Labute approximate surface area is 181 Å². The molecule has 146 valence electrons. The molecule has 0 aromatic heterocycles. The number of likely N-dealkylation sites (N-methyl/N-ethyl adjacent to an activating group) is 1. The van der Waals surface area contributed by atoms with Gasteiger partial charge < -0.3 is 9.80 Å².